The highest BCUT2D eigenvalue weighted by Gasteiger charge is 2.23. The number of methoxy groups -OCH3 is 1. The minimum absolute atomic E-state index is 0.489. The molecule has 0 radical (unpaired) electrons. The van der Waals surface area contributed by atoms with E-state index in [0.717, 1.165) is 25.4 Å². The van der Waals surface area contributed by atoms with Gasteiger partial charge in [0.15, 0.2) is 0 Å². The molecule has 2 nitrogen and oxygen atoms in total. The van der Waals surface area contributed by atoms with Crippen molar-refractivity contribution in [2.45, 2.75) is 25.8 Å². The molecule has 1 atom stereocenters. The molecule has 1 heterocycles. The molecule has 0 saturated heterocycles. The van der Waals surface area contributed by atoms with Crippen LogP contribution in [-0.2, 0) is 6.54 Å². The van der Waals surface area contributed by atoms with Crippen molar-refractivity contribution in [3.8, 4) is 5.75 Å². The predicted molar refractivity (Wildman–Crippen MR) is 86.8 cm³/mol. The average Bonchev–Trinajstić information content (AvgIpc) is 2.74. The van der Waals surface area contributed by atoms with Crippen molar-refractivity contribution in [2.24, 2.45) is 0 Å². The van der Waals surface area contributed by atoms with E-state index in [0.29, 0.717) is 5.92 Å². The normalized spacial score (nSPS) is 18.9. The lowest BCUT2D eigenvalue weighted by Crippen LogP contribution is -2.22. The van der Waals surface area contributed by atoms with Gasteiger partial charge >= 0.3 is 0 Å². The maximum Gasteiger partial charge on any atom is 0.119 e. The van der Waals surface area contributed by atoms with Gasteiger partial charge in [-0.2, -0.15) is 0 Å². The first-order chi connectivity index (χ1) is 10.3. The van der Waals surface area contributed by atoms with Crippen molar-refractivity contribution in [1.82, 2.24) is 4.90 Å². The summed E-state index contributed by atoms with van der Waals surface area (Å²) in [5, 5.41) is 0. The fourth-order valence-corrected chi connectivity index (χ4v) is 3.27. The van der Waals surface area contributed by atoms with Gasteiger partial charge in [0.2, 0.25) is 0 Å². The van der Waals surface area contributed by atoms with Crippen LogP contribution in [-0.4, -0.2) is 25.1 Å². The number of rotatable bonds is 3. The van der Waals surface area contributed by atoms with Crippen LogP contribution in [0.25, 0.3) is 0 Å². The van der Waals surface area contributed by atoms with Crippen LogP contribution in [0.5, 0.6) is 5.75 Å². The van der Waals surface area contributed by atoms with Gasteiger partial charge in [-0.3, -0.25) is 4.90 Å². The maximum atomic E-state index is 5.41. The third-order valence-corrected chi connectivity index (χ3v) is 4.50. The third kappa shape index (κ3) is 2.96. The summed E-state index contributed by atoms with van der Waals surface area (Å²) < 4.78 is 5.41. The lowest BCUT2D eigenvalue weighted by molar-refractivity contribution is 0.281. The molecule has 0 spiro atoms. The Morgan fingerprint density at radius 2 is 1.95 bits per heavy atom. The number of hydrogen-bond donors (Lipinski definition) is 0. The molecule has 2 aromatic rings. The van der Waals surface area contributed by atoms with E-state index in [9.17, 15) is 0 Å². The summed E-state index contributed by atoms with van der Waals surface area (Å²) >= 11 is 0. The van der Waals surface area contributed by atoms with Crippen LogP contribution in [0.1, 0.15) is 36.0 Å². The van der Waals surface area contributed by atoms with Crippen molar-refractivity contribution >= 4 is 0 Å². The quantitative estimate of drug-likeness (QED) is 0.841. The van der Waals surface area contributed by atoms with Gasteiger partial charge < -0.3 is 4.74 Å². The Labute approximate surface area is 127 Å². The van der Waals surface area contributed by atoms with Crippen molar-refractivity contribution in [2.75, 3.05) is 20.2 Å². The molecule has 3 rings (SSSR count). The number of ether oxygens (including phenoxy) is 1. The van der Waals surface area contributed by atoms with Gasteiger partial charge in [0.1, 0.15) is 5.75 Å². The molecule has 1 aliphatic rings. The van der Waals surface area contributed by atoms with Gasteiger partial charge in [0, 0.05) is 12.5 Å². The second kappa shape index (κ2) is 6.31. The molecule has 0 N–H and O–H groups in total. The van der Waals surface area contributed by atoms with Gasteiger partial charge in [-0.1, -0.05) is 43.3 Å². The van der Waals surface area contributed by atoms with Crippen molar-refractivity contribution in [3.05, 3.63) is 65.2 Å². The topological polar surface area (TPSA) is 12.5 Å². The summed E-state index contributed by atoms with van der Waals surface area (Å²) in [6, 6.07) is 17.4. The largest absolute Gasteiger partial charge is 0.497 e. The van der Waals surface area contributed by atoms with Gasteiger partial charge in [-0.25, -0.2) is 0 Å². The maximum absolute atomic E-state index is 5.41. The van der Waals surface area contributed by atoms with E-state index in [1.807, 2.05) is 0 Å². The van der Waals surface area contributed by atoms with E-state index in [1.54, 1.807) is 7.11 Å². The summed E-state index contributed by atoms with van der Waals surface area (Å²) in [6.45, 7) is 5.50. The first-order valence-electron chi connectivity index (χ1n) is 7.76. The number of fused-ring (bicyclic) bond motifs is 1. The molecule has 0 aliphatic carbocycles. The minimum Gasteiger partial charge on any atom is -0.497 e. The Morgan fingerprint density at radius 3 is 2.67 bits per heavy atom. The van der Waals surface area contributed by atoms with Crippen LogP contribution >= 0.6 is 0 Å². The Balaban J connectivity index is 2.04. The van der Waals surface area contributed by atoms with Crippen LogP contribution in [0.4, 0.5) is 0 Å². The molecule has 0 aromatic heterocycles. The average molecular weight is 281 g/mol. The van der Waals surface area contributed by atoms with Gasteiger partial charge in [0.05, 0.1) is 7.11 Å². The van der Waals surface area contributed by atoms with Crippen LogP contribution in [0, 0.1) is 0 Å². The molecule has 0 amide bonds. The predicted octanol–water partition coefficient (Wildman–Crippen LogP) is 4.05. The van der Waals surface area contributed by atoms with E-state index in [1.165, 1.54) is 23.1 Å². The zero-order chi connectivity index (χ0) is 14.7. The summed E-state index contributed by atoms with van der Waals surface area (Å²) in [5.41, 5.74) is 4.28. The first-order valence-corrected chi connectivity index (χ1v) is 7.76. The number of benzene rings is 2. The highest BCUT2D eigenvalue weighted by molar-refractivity contribution is 5.43. The van der Waals surface area contributed by atoms with Crippen LogP contribution < -0.4 is 4.74 Å². The minimum atomic E-state index is 0.489. The smallest absolute Gasteiger partial charge is 0.119 e. The second-order valence-electron chi connectivity index (χ2n) is 5.69. The van der Waals surface area contributed by atoms with Crippen molar-refractivity contribution in [1.29, 1.82) is 0 Å². The van der Waals surface area contributed by atoms with Crippen LogP contribution in [0.3, 0.4) is 0 Å². The lowest BCUT2D eigenvalue weighted by atomic mass is 9.86. The number of nitrogens with zero attached hydrogens (tertiary/aromatic N) is 1. The van der Waals surface area contributed by atoms with E-state index in [-0.39, 0.29) is 0 Å². The number of hydrogen-bond acceptors (Lipinski definition) is 2. The molecule has 2 aromatic carbocycles. The second-order valence-corrected chi connectivity index (χ2v) is 5.69. The molecule has 1 aliphatic heterocycles. The highest BCUT2D eigenvalue weighted by Crippen LogP contribution is 2.35. The van der Waals surface area contributed by atoms with Gasteiger partial charge in [0.25, 0.3) is 0 Å². The standard InChI is InChI=1S/C19H23NO/c1-3-20-12-11-19(15-7-5-4-6-8-15)18-10-9-17(21-2)13-16(18)14-20/h4-10,13,19H,3,11-12,14H2,1-2H3. The first kappa shape index (κ1) is 14.2. The molecular formula is C19H23NO. The molecular weight excluding hydrogens is 258 g/mol. The summed E-state index contributed by atoms with van der Waals surface area (Å²) in [6.07, 6.45) is 1.18. The summed E-state index contributed by atoms with van der Waals surface area (Å²) in [4.78, 5) is 2.52. The van der Waals surface area contributed by atoms with E-state index in [2.05, 4.69) is 60.4 Å². The Bertz CT molecular complexity index is 594. The molecule has 0 saturated carbocycles. The molecule has 1 unspecified atom stereocenters. The van der Waals surface area contributed by atoms with E-state index >= 15 is 0 Å². The monoisotopic (exact) mass is 281 g/mol. The van der Waals surface area contributed by atoms with E-state index in [4.69, 9.17) is 4.74 Å². The Hall–Kier alpha value is -1.80. The fraction of sp³-hybridized carbons (Fsp3) is 0.368. The van der Waals surface area contributed by atoms with Crippen LogP contribution in [0.15, 0.2) is 48.5 Å². The molecule has 21 heavy (non-hydrogen) atoms. The summed E-state index contributed by atoms with van der Waals surface area (Å²) in [5.74, 6) is 1.45. The highest BCUT2D eigenvalue weighted by atomic mass is 16.5. The van der Waals surface area contributed by atoms with Crippen molar-refractivity contribution < 1.29 is 4.74 Å². The zero-order valence-corrected chi connectivity index (χ0v) is 12.9. The van der Waals surface area contributed by atoms with Gasteiger partial charge in [-0.15, -0.1) is 0 Å². The molecule has 0 bridgehead atoms. The molecule has 110 valence electrons. The lowest BCUT2D eigenvalue weighted by Gasteiger charge is -2.18. The third-order valence-electron chi connectivity index (χ3n) is 4.50. The zero-order valence-electron chi connectivity index (χ0n) is 12.9. The molecule has 0 fully saturated rings. The van der Waals surface area contributed by atoms with Crippen molar-refractivity contribution in [3.63, 3.8) is 0 Å². The van der Waals surface area contributed by atoms with Crippen LogP contribution in [0.2, 0.25) is 0 Å². The summed E-state index contributed by atoms with van der Waals surface area (Å²) in [7, 11) is 1.74. The van der Waals surface area contributed by atoms with E-state index < -0.39 is 0 Å². The Morgan fingerprint density at radius 1 is 1.14 bits per heavy atom. The SMILES string of the molecule is CCN1CCC(c2ccccc2)c2ccc(OC)cc2C1. The van der Waals surface area contributed by atoms with Gasteiger partial charge in [-0.05, 0) is 48.3 Å². The Kier molecular flexibility index (Phi) is 4.26. The molecule has 2 heteroatoms. The fourth-order valence-electron chi connectivity index (χ4n) is 3.27.